The summed E-state index contributed by atoms with van der Waals surface area (Å²) in [5.74, 6) is -0.141. The van der Waals surface area contributed by atoms with Crippen LogP contribution in [0.2, 0.25) is 0 Å². The fraction of sp³-hybridized carbons (Fsp3) is 0.154. The van der Waals surface area contributed by atoms with Crippen LogP contribution in [0, 0.1) is 0 Å². The van der Waals surface area contributed by atoms with E-state index in [0.29, 0.717) is 12.1 Å². The van der Waals surface area contributed by atoms with E-state index in [1.54, 1.807) is 24.5 Å². The van der Waals surface area contributed by atoms with Crippen molar-refractivity contribution in [3.63, 3.8) is 0 Å². The third-order valence-electron chi connectivity index (χ3n) is 2.57. The maximum atomic E-state index is 11.0. The molecule has 1 heterocycles. The van der Waals surface area contributed by atoms with Gasteiger partial charge in [-0.2, -0.15) is 0 Å². The van der Waals surface area contributed by atoms with E-state index in [1.807, 2.05) is 24.3 Å². The quantitative estimate of drug-likeness (QED) is 0.867. The number of pyridine rings is 1. The summed E-state index contributed by atoms with van der Waals surface area (Å²) < 4.78 is 21.9. The molecule has 2 rings (SSSR count). The van der Waals surface area contributed by atoms with Crippen molar-refractivity contribution in [3.8, 4) is 0 Å². The molecule has 0 aliphatic heterocycles. The normalized spacial score (nSPS) is 11.2. The van der Waals surface area contributed by atoms with Gasteiger partial charge in [0, 0.05) is 24.6 Å². The number of nitrogens with two attached hydrogens (primary N) is 1. The van der Waals surface area contributed by atoms with Crippen LogP contribution in [0.5, 0.6) is 0 Å². The molecule has 1 aromatic carbocycles. The number of primary sulfonamides is 1. The van der Waals surface area contributed by atoms with Gasteiger partial charge in [0.25, 0.3) is 0 Å². The van der Waals surface area contributed by atoms with E-state index in [1.165, 1.54) is 0 Å². The zero-order valence-electron chi connectivity index (χ0n) is 10.3. The van der Waals surface area contributed by atoms with Crippen LogP contribution in [0.1, 0.15) is 11.1 Å². The first-order chi connectivity index (χ1) is 9.03. The second-order valence-electron chi connectivity index (χ2n) is 4.21. The van der Waals surface area contributed by atoms with E-state index < -0.39 is 10.0 Å². The van der Waals surface area contributed by atoms with Crippen molar-refractivity contribution in [1.82, 2.24) is 4.98 Å². The summed E-state index contributed by atoms with van der Waals surface area (Å²) >= 11 is 0. The van der Waals surface area contributed by atoms with Gasteiger partial charge in [0.05, 0.1) is 5.75 Å². The molecule has 0 fully saturated rings. The molecule has 0 saturated carbocycles. The molecule has 5 nitrogen and oxygen atoms in total. The van der Waals surface area contributed by atoms with E-state index in [-0.39, 0.29) is 5.75 Å². The molecule has 0 atom stereocenters. The summed E-state index contributed by atoms with van der Waals surface area (Å²) in [4.78, 5) is 3.95. The average molecular weight is 277 g/mol. The predicted octanol–water partition coefficient (Wildman–Crippen LogP) is 1.48. The number of aromatic nitrogens is 1. The average Bonchev–Trinajstić information content (AvgIpc) is 2.37. The monoisotopic (exact) mass is 277 g/mol. The lowest BCUT2D eigenvalue weighted by Crippen LogP contribution is -2.14. The topological polar surface area (TPSA) is 85.1 Å². The Hall–Kier alpha value is -1.92. The van der Waals surface area contributed by atoms with Gasteiger partial charge < -0.3 is 5.32 Å². The van der Waals surface area contributed by atoms with Crippen molar-refractivity contribution in [1.29, 1.82) is 0 Å². The Morgan fingerprint density at radius 3 is 2.21 bits per heavy atom. The lowest BCUT2D eigenvalue weighted by atomic mass is 10.2. The lowest BCUT2D eigenvalue weighted by Gasteiger charge is -2.07. The molecule has 0 aliphatic rings. The Morgan fingerprint density at radius 2 is 1.63 bits per heavy atom. The molecule has 0 spiro atoms. The Labute approximate surface area is 112 Å². The summed E-state index contributed by atoms with van der Waals surface area (Å²) in [5, 5.41) is 8.23. The van der Waals surface area contributed by atoms with Gasteiger partial charge in [-0.05, 0) is 35.4 Å². The maximum absolute atomic E-state index is 11.0. The zero-order chi connectivity index (χ0) is 13.7. The molecule has 0 amide bonds. The van der Waals surface area contributed by atoms with Gasteiger partial charge in [0.2, 0.25) is 10.0 Å². The molecule has 6 heteroatoms. The molecule has 0 saturated heterocycles. The molecule has 0 radical (unpaired) electrons. The molecule has 0 bridgehead atoms. The van der Waals surface area contributed by atoms with E-state index in [2.05, 4.69) is 10.3 Å². The van der Waals surface area contributed by atoms with Gasteiger partial charge in [-0.25, -0.2) is 13.6 Å². The minimum absolute atomic E-state index is 0.141. The third-order valence-corrected chi connectivity index (χ3v) is 3.30. The number of rotatable bonds is 5. The first-order valence-corrected chi connectivity index (χ1v) is 7.47. The third kappa shape index (κ3) is 4.69. The highest BCUT2D eigenvalue weighted by Crippen LogP contribution is 2.12. The highest BCUT2D eigenvalue weighted by molar-refractivity contribution is 7.88. The van der Waals surface area contributed by atoms with Crippen LogP contribution in [0.25, 0.3) is 0 Å². The Kier molecular flexibility index (Phi) is 4.13. The number of anilines is 1. The smallest absolute Gasteiger partial charge is 0.213 e. The SMILES string of the molecule is NS(=O)(=O)Cc1ccc(NCc2ccncc2)cc1. The number of nitrogens with one attached hydrogen (secondary N) is 1. The molecule has 1 aromatic heterocycles. The van der Waals surface area contributed by atoms with Crippen molar-refractivity contribution in [2.75, 3.05) is 5.32 Å². The number of benzene rings is 1. The van der Waals surface area contributed by atoms with E-state index in [9.17, 15) is 8.42 Å². The number of nitrogens with zero attached hydrogens (tertiary/aromatic N) is 1. The van der Waals surface area contributed by atoms with E-state index in [0.717, 1.165) is 11.3 Å². The molecule has 2 aromatic rings. The van der Waals surface area contributed by atoms with Crippen molar-refractivity contribution in [3.05, 3.63) is 59.9 Å². The summed E-state index contributed by atoms with van der Waals surface area (Å²) in [6.45, 7) is 0.692. The molecule has 100 valence electrons. The van der Waals surface area contributed by atoms with Crippen molar-refractivity contribution in [2.45, 2.75) is 12.3 Å². The predicted molar refractivity (Wildman–Crippen MR) is 74.8 cm³/mol. The van der Waals surface area contributed by atoms with Crippen LogP contribution in [0.4, 0.5) is 5.69 Å². The first-order valence-electron chi connectivity index (χ1n) is 5.75. The van der Waals surface area contributed by atoms with Crippen molar-refractivity contribution < 1.29 is 8.42 Å². The molecule has 0 aliphatic carbocycles. The van der Waals surface area contributed by atoms with E-state index in [4.69, 9.17) is 5.14 Å². The Bertz CT molecular complexity index is 625. The standard InChI is InChI=1S/C13H15N3O2S/c14-19(17,18)10-12-1-3-13(4-2-12)16-9-11-5-7-15-8-6-11/h1-8,16H,9-10H2,(H2,14,17,18). The Morgan fingerprint density at radius 1 is 1.00 bits per heavy atom. The minimum atomic E-state index is -3.47. The first kappa shape index (κ1) is 13.5. The fourth-order valence-electron chi connectivity index (χ4n) is 1.66. The maximum Gasteiger partial charge on any atom is 0.213 e. The molecular weight excluding hydrogens is 262 g/mol. The number of sulfonamides is 1. The lowest BCUT2D eigenvalue weighted by molar-refractivity contribution is 0.597. The number of hydrogen-bond donors (Lipinski definition) is 2. The summed E-state index contributed by atoms with van der Waals surface area (Å²) in [6.07, 6.45) is 3.48. The molecular formula is C13H15N3O2S. The summed E-state index contributed by atoms with van der Waals surface area (Å²) in [5.41, 5.74) is 2.73. The highest BCUT2D eigenvalue weighted by Gasteiger charge is 2.04. The summed E-state index contributed by atoms with van der Waals surface area (Å²) in [7, 11) is -3.47. The van der Waals surface area contributed by atoms with Crippen LogP contribution in [-0.4, -0.2) is 13.4 Å². The largest absolute Gasteiger partial charge is 0.381 e. The van der Waals surface area contributed by atoms with Gasteiger partial charge in [-0.1, -0.05) is 12.1 Å². The van der Waals surface area contributed by atoms with Crippen LogP contribution in [-0.2, 0) is 22.3 Å². The Balaban J connectivity index is 1.96. The van der Waals surface area contributed by atoms with Gasteiger partial charge in [-0.15, -0.1) is 0 Å². The van der Waals surface area contributed by atoms with Gasteiger partial charge >= 0.3 is 0 Å². The van der Waals surface area contributed by atoms with Gasteiger partial charge in [0.1, 0.15) is 0 Å². The van der Waals surface area contributed by atoms with Gasteiger partial charge in [0.15, 0.2) is 0 Å². The fourth-order valence-corrected chi connectivity index (χ4v) is 2.31. The van der Waals surface area contributed by atoms with Crippen LogP contribution >= 0.6 is 0 Å². The van der Waals surface area contributed by atoms with E-state index >= 15 is 0 Å². The molecule has 0 unspecified atom stereocenters. The summed E-state index contributed by atoms with van der Waals surface area (Å²) in [6, 6.07) is 11.0. The minimum Gasteiger partial charge on any atom is -0.381 e. The second kappa shape index (κ2) is 5.81. The van der Waals surface area contributed by atoms with Gasteiger partial charge in [-0.3, -0.25) is 4.98 Å². The van der Waals surface area contributed by atoms with Crippen LogP contribution < -0.4 is 10.5 Å². The van der Waals surface area contributed by atoms with Crippen molar-refractivity contribution in [2.24, 2.45) is 5.14 Å². The molecule has 3 N–H and O–H groups in total. The van der Waals surface area contributed by atoms with Crippen molar-refractivity contribution >= 4 is 15.7 Å². The molecule has 19 heavy (non-hydrogen) atoms. The highest BCUT2D eigenvalue weighted by atomic mass is 32.2. The zero-order valence-corrected chi connectivity index (χ0v) is 11.1. The number of hydrogen-bond acceptors (Lipinski definition) is 4. The second-order valence-corrected chi connectivity index (χ2v) is 5.83. The van der Waals surface area contributed by atoms with Crippen LogP contribution in [0.3, 0.4) is 0 Å². The van der Waals surface area contributed by atoms with Crippen LogP contribution in [0.15, 0.2) is 48.8 Å².